The van der Waals surface area contributed by atoms with Gasteiger partial charge in [-0.2, -0.15) is 4.98 Å². The first-order valence-corrected chi connectivity index (χ1v) is 7.88. The van der Waals surface area contributed by atoms with Gasteiger partial charge < -0.3 is 14.6 Å². The number of hydrogen-bond donors (Lipinski definition) is 1. The molecule has 1 aliphatic rings. The highest BCUT2D eigenvalue weighted by Crippen LogP contribution is 2.30. The molecule has 0 aliphatic carbocycles. The molecule has 7 heteroatoms. The largest absolute Gasteiger partial charge is 0.504 e. The van der Waals surface area contributed by atoms with Crippen molar-refractivity contribution in [2.45, 2.75) is 32.7 Å². The first kappa shape index (κ1) is 16.0. The average molecular weight is 330 g/mol. The highest BCUT2D eigenvalue weighted by molar-refractivity contribution is 5.91. The van der Waals surface area contributed by atoms with Gasteiger partial charge in [0.05, 0.1) is 6.61 Å². The zero-order valence-electron chi connectivity index (χ0n) is 13.3. The normalized spacial score (nSPS) is 13.2. The molecule has 3 rings (SSSR count). The molecule has 0 bridgehead atoms. The van der Waals surface area contributed by atoms with Crippen LogP contribution in [0, 0.1) is 0 Å². The minimum absolute atomic E-state index is 0.105. The van der Waals surface area contributed by atoms with Crippen LogP contribution in [0.15, 0.2) is 29.1 Å². The lowest BCUT2D eigenvalue weighted by Gasteiger charge is -2.19. The van der Waals surface area contributed by atoms with Crippen molar-refractivity contribution in [1.29, 1.82) is 0 Å². The SMILES string of the molecule is CCOC(=O)c1c(Oc2ccccc2O)nc2n(c1=O)CCCC2. The van der Waals surface area contributed by atoms with Crippen molar-refractivity contribution in [1.82, 2.24) is 9.55 Å². The number of ether oxygens (including phenoxy) is 2. The third-order valence-electron chi connectivity index (χ3n) is 3.80. The van der Waals surface area contributed by atoms with Gasteiger partial charge in [0.25, 0.3) is 5.56 Å². The molecule has 0 amide bonds. The number of nitrogens with zero attached hydrogens (tertiary/aromatic N) is 2. The van der Waals surface area contributed by atoms with Gasteiger partial charge >= 0.3 is 5.97 Å². The number of para-hydroxylation sites is 2. The van der Waals surface area contributed by atoms with Gasteiger partial charge in [-0.05, 0) is 31.9 Å². The lowest BCUT2D eigenvalue weighted by molar-refractivity contribution is 0.0519. The fourth-order valence-corrected chi connectivity index (χ4v) is 2.65. The summed E-state index contributed by atoms with van der Waals surface area (Å²) in [5.41, 5.74) is -0.714. The van der Waals surface area contributed by atoms with Crippen LogP contribution in [0.2, 0.25) is 0 Å². The Morgan fingerprint density at radius 2 is 2.12 bits per heavy atom. The molecule has 126 valence electrons. The van der Waals surface area contributed by atoms with Crippen molar-refractivity contribution in [3.05, 3.63) is 46.0 Å². The Morgan fingerprint density at radius 1 is 1.33 bits per heavy atom. The standard InChI is InChI=1S/C17H18N2O5/c1-2-23-17(22)14-15(24-12-8-4-3-7-11(12)20)18-13-9-5-6-10-19(13)16(14)21/h3-4,7-8,20H,2,5-6,9-10H2,1H3. The van der Waals surface area contributed by atoms with Crippen LogP contribution in [0.3, 0.4) is 0 Å². The van der Waals surface area contributed by atoms with E-state index in [1.54, 1.807) is 19.1 Å². The Hall–Kier alpha value is -2.83. The number of carbonyl (C=O) groups excluding carboxylic acids is 1. The van der Waals surface area contributed by atoms with Crippen molar-refractivity contribution in [3.63, 3.8) is 0 Å². The van der Waals surface area contributed by atoms with E-state index in [2.05, 4.69) is 4.98 Å². The topological polar surface area (TPSA) is 90.7 Å². The van der Waals surface area contributed by atoms with E-state index in [0.29, 0.717) is 18.8 Å². The minimum Gasteiger partial charge on any atom is -0.504 e. The number of aromatic nitrogens is 2. The van der Waals surface area contributed by atoms with E-state index in [4.69, 9.17) is 9.47 Å². The summed E-state index contributed by atoms with van der Waals surface area (Å²) in [6.07, 6.45) is 2.41. The van der Waals surface area contributed by atoms with Crippen LogP contribution in [0.1, 0.15) is 35.9 Å². The number of carbonyl (C=O) groups is 1. The van der Waals surface area contributed by atoms with Crippen LogP contribution < -0.4 is 10.3 Å². The summed E-state index contributed by atoms with van der Waals surface area (Å²) in [7, 11) is 0. The second-order valence-electron chi connectivity index (χ2n) is 5.41. The first-order valence-electron chi connectivity index (χ1n) is 7.88. The molecule has 7 nitrogen and oxygen atoms in total. The zero-order chi connectivity index (χ0) is 17.1. The summed E-state index contributed by atoms with van der Waals surface area (Å²) in [6.45, 7) is 2.31. The molecule has 0 radical (unpaired) electrons. The molecule has 1 aliphatic heterocycles. The fourth-order valence-electron chi connectivity index (χ4n) is 2.65. The maximum atomic E-state index is 12.7. The van der Waals surface area contributed by atoms with E-state index in [0.717, 1.165) is 12.8 Å². The van der Waals surface area contributed by atoms with E-state index >= 15 is 0 Å². The Balaban J connectivity index is 2.12. The zero-order valence-corrected chi connectivity index (χ0v) is 13.3. The molecule has 2 aromatic rings. The van der Waals surface area contributed by atoms with Crippen LogP contribution in [0.4, 0.5) is 0 Å². The van der Waals surface area contributed by atoms with E-state index in [1.165, 1.54) is 16.7 Å². The van der Waals surface area contributed by atoms with Gasteiger partial charge in [0.1, 0.15) is 5.82 Å². The Morgan fingerprint density at radius 3 is 2.88 bits per heavy atom. The number of fused-ring (bicyclic) bond motifs is 1. The molecule has 1 aromatic carbocycles. The highest BCUT2D eigenvalue weighted by atomic mass is 16.5. The Labute approximate surface area is 138 Å². The number of benzene rings is 1. The van der Waals surface area contributed by atoms with Gasteiger partial charge in [-0.25, -0.2) is 4.79 Å². The van der Waals surface area contributed by atoms with Gasteiger partial charge in [-0.3, -0.25) is 9.36 Å². The summed E-state index contributed by atoms with van der Waals surface area (Å²) < 4.78 is 12.0. The Kier molecular flexibility index (Phi) is 4.50. The van der Waals surface area contributed by atoms with Crippen molar-refractivity contribution in [2.24, 2.45) is 0 Å². The van der Waals surface area contributed by atoms with Gasteiger partial charge in [-0.1, -0.05) is 12.1 Å². The van der Waals surface area contributed by atoms with Crippen LogP contribution >= 0.6 is 0 Å². The summed E-state index contributed by atoms with van der Waals surface area (Å²) in [5, 5.41) is 9.86. The summed E-state index contributed by atoms with van der Waals surface area (Å²) in [4.78, 5) is 29.3. The van der Waals surface area contributed by atoms with Crippen molar-refractivity contribution >= 4 is 5.97 Å². The smallest absolute Gasteiger partial charge is 0.349 e. The number of aryl methyl sites for hydroxylation is 1. The van der Waals surface area contributed by atoms with Crippen LogP contribution in [0.25, 0.3) is 0 Å². The van der Waals surface area contributed by atoms with E-state index in [9.17, 15) is 14.7 Å². The molecule has 24 heavy (non-hydrogen) atoms. The summed E-state index contributed by atoms with van der Waals surface area (Å²) >= 11 is 0. The lowest BCUT2D eigenvalue weighted by atomic mass is 10.1. The quantitative estimate of drug-likeness (QED) is 0.865. The van der Waals surface area contributed by atoms with Gasteiger partial charge in [0, 0.05) is 13.0 Å². The summed E-state index contributed by atoms with van der Waals surface area (Å²) in [6, 6.07) is 6.29. The molecule has 0 saturated heterocycles. The number of hydrogen-bond acceptors (Lipinski definition) is 6. The Bertz CT molecular complexity index is 828. The maximum Gasteiger partial charge on any atom is 0.349 e. The number of phenols is 1. The average Bonchev–Trinajstić information content (AvgIpc) is 2.57. The molecular formula is C17H18N2O5. The maximum absolute atomic E-state index is 12.7. The third-order valence-corrected chi connectivity index (χ3v) is 3.80. The highest BCUT2D eigenvalue weighted by Gasteiger charge is 2.26. The number of esters is 1. The van der Waals surface area contributed by atoms with E-state index < -0.39 is 11.5 Å². The molecule has 1 N–H and O–H groups in total. The second kappa shape index (κ2) is 6.74. The summed E-state index contributed by atoms with van der Waals surface area (Å²) in [5.74, 6) is -0.318. The molecule has 1 aromatic heterocycles. The molecule has 0 unspecified atom stereocenters. The van der Waals surface area contributed by atoms with E-state index in [-0.39, 0.29) is 29.5 Å². The number of phenolic OH excluding ortho intramolecular Hbond substituents is 1. The first-order chi connectivity index (χ1) is 11.6. The molecule has 2 heterocycles. The fraction of sp³-hybridized carbons (Fsp3) is 0.353. The molecule has 0 spiro atoms. The number of aromatic hydroxyl groups is 1. The van der Waals surface area contributed by atoms with Crippen molar-refractivity contribution in [2.75, 3.05) is 6.61 Å². The van der Waals surface area contributed by atoms with Crippen LogP contribution in [0.5, 0.6) is 17.4 Å². The van der Waals surface area contributed by atoms with E-state index in [1.807, 2.05) is 0 Å². The van der Waals surface area contributed by atoms with Crippen molar-refractivity contribution < 1.29 is 19.4 Å². The second-order valence-corrected chi connectivity index (χ2v) is 5.41. The van der Waals surface area contributed by atoms with Gasteiger partial charge in [-0.15, -0.1) is 0 Å². The van der Waals surface area contributed by atoms with Crippen molar-refractivity contribution in [3.8, 4) is 17.4 Å². The molecular weight excluding hydrogens is 312 g/mol. The van der Waals surface area contributed by atoms with Gasteiger partial charge in [0.2, 0.25) is 5.88 Å². The van der Waals surface area contributed by atoms with Gasteiger partial charge in [0.15, 0.2) is 17.1 Å². The predicted molar refractivity (Wildman–Crippen MR) is 85.6 cm³/mol. The van der Waals surface area contributed by atoms with Crippen LogP contribution in [-0.2, 0) is 17.7 Å². The predicted octanol–water partition coefficient (Wildman–Crippen LogP) is 2.25. The monoisotopic (exact) mass is 330 g/mol. The third kappa shape index (κ3) is 2.97. The molecule has 0 atom stereocenters. The van der Waals surface area contributed by atoms with Crippen LogP contribution in [-0.4, -0.2) is 27.2 Å². The lowest BCUT2D eigenvalue weighted by Crippen LogP contribution is -2.33. The molecule has 0 fully saturated rings. The molecule has 0 saturated carbocycles. The minimum atomic E-state index is -0.777. The number of rotatable bonds is 4.